The molecular formula is C12H17N5S. The van der Waals surface area contributed by atoms with Gasteiger partial charge in [-0.3, -0.25) is 0 Å². The average Bonchev–Trinajstić information content (AvgIpc) is 3.03. The minimum atomic E-state index is 0.552. The van der Waals surface area contributed by atoms with Gasteiger partial charge < -0.3 is 5.32 Å². The Morgan fingerprint density at radius 3 is 3.00 bits per heavy atom. The maximum Gasteiger partial charge on any atom is 0.234 e. The van der Waals surface area contributed by atoms with Gasteiger partial charge in [-0.1, -0.05) is 30.3 Å². The second kappa shape index (κ2) is 5.16. The summed E-state index contributed by atoms with van der Waals surface area (Å²) >= 11 is 1.61. The summed E-state index contributed by atoms with van der Waals surface area (Å²) in [5.74, 6) is 1.60. The molecule has 2 aromatic heterocycles. The van der Waals surface area contributed by atoms with Crippen molar-refractivity contribution in [3.63, 3.8) is 0 Å². The van der Waals surface area contributed by atoms with E-state index in [4.69, 9.17) is 0 Å². The van der Waals surface area contributed by atoms with Crippen LogP contribution in [0.15, 0.2) is 12.7 Å². The fraction of sp³-hybridized carbons (Fsp3) is 0.583. The normalized spacial score (nSPS) is 16.7. The van der Waals surface area contributed by atoms with Gasteiger partial charge in [0.1, 0.15) is 5.01 Å². The van der Waals surface area contributed by atoms with Crippen molar-refractivity contribution in [2.45, 2.75) is 38.1 Å². The molecule has 6 heteroatoms. The number of nitrogens with zero attached hydrogens (tertiary/aromatic N) is 4. The summed E-state index contributed by atoms with van der Waals surface area (Å²) in [6, 6.07) is 0. The van der Waals surface area contributed by atoms with E-state index in [1.165, 1.54) is 25.7 Å². The third-order valence-electron chi connectivity index (χ3n) is 3.34. The van der Waals surface area contributed by atoms with Crippen molar-refractivity contribution in [2.75, 3.05) is 6.54 Å². The number of nitrogens with one attached hydrogen (secondary N) is 1. The van der Waals surface area contributed by atoms with E-state index >= 15 is 0 Å². The van der Waals surface area contributed by atoms with Crippen molar-refractivity contribution in [3.8, 4) is 0 Å². The summed E-state index contributed by atoms with van der Waals surface area (Å²) in [5.41, 5.74) is 0. The molecule has 0 radical (unpaired) electrons. The van der Waals surface area contributed by atoms with Gasteiger partial charge in [0.2, 0.25) is 4.96 Å². The minimum Gasteiger partial charge on any atom is -0.307 e. The number of fused-ring (bicyclic) bond motifs is 1. The van der Waals surface area contributed by atoms with E-state index in [-0.39, 0.29) is 0 Å². The Hall–Kier alpha value is -1.27. The quantitative estimate of drug-likeness (QED) is 0.663. The molecular weight excluding hydrogens is 246 g/mol. The van der Waals surface area contributed by atoms with Crippen LogP contribution >= 0.6 is 11.3 Å². The van der Waals surface area contributed by atoms with Crippen LogP contribution in [0, 0.1) is 0 Å². The highest BCUT2D eigenvalue weighted by Gasteiger charge is 2.23. The number of aromatic nitrogens is 4. The minimum absolute atomic E-state index is 0.552. The van der Waals surface area contributed by atoms with Crippen molar-refractivity contribution in [2.24, 2.45) is 0 Å². The van der Waals surface area contributed by atoms with E-state index in [1.807, 2.05) is 10.6 Å². The van der Waals surface area contributed by atoms with Crippen LogP contribution in [-0.2, 0) is 6.54 Å². The summed E-state index contributed by atoms with van der Waals surface area (Å²) in [7, 11) is 0. The smallest absolute Gasteiger partial charge is 0.234 e. The molecule has 0 amide bonds. The van der Waals surface area contributed by atoms with Gasteiger partial charge >= 0.3 is 0 Å². The lowest BCUT2D eigenvalue weighted by Gasteiger charge is -2.03. The zero-order valence-corrected chi connectivity index (χ0v) is 11.1. The highest BCUT2D eigenvalue weighted by Crippen LogP contribution is 2.33. The van der Waals surface area contributed by atoms with Gasteiger partial charge in [-0.25, -0.2) is 0 Å². The van der Waals surface area contributed by atoms with Crippen molar-refractivity contribution in [3.05, 3.63) is 23.5 Å². The summed E-state index contributed by atoms with van der Waals surface area (Å²) < 4.78 is 1.94. The lowest BCUT2D eigenvalue weighted by atomic mass is 10.1. The second-order valence-corrected chi connectivity index (χ2v) is 5.69. The van der Waals surface area contributed by atoms with E-state index < -0.39 is 0 Å². The predicted molar refractivity (Wildman–Crippen MR) is 71.8 cm³/mol. The molecule has 3 rings (SSSR count). The van der Waals surface area contributed by atoms with Crippen molar-refractivity contribution < 1.29 is 0 Å². The van der Waals surface area contributed by atoms with Gasteiger partial charge in [-0.05, 0) is 12.8 Å². The maximum atomic E-state index is 4.60. The fourth-order valence-electron chi connectivity index (χ4n) is 2.46. The van der Waals surface area contributed by atoms with Crippen LogP contribution in [0.25, 0.3) is 4.96 Å². The van der Waals surface area contributed by atoms with Gasteiger partial charge in [-0.15, -0.1) is 16.8 Å². The molecule has 2 heterocycles. The largest absolute Gasteiger partial charge is 0.307 e. The van der Waals surface area contributed by atoms with E-state index in [2.05, 4.69) is 27.2 Å². The first-order valence-corrected chi connectivity index (χ1v) is 7.23. The van der Waals surface area contributed by atoms with Gasteiger partial charge in [0, 0.05) is 19.0 Å². The summed E-state index contributed by atoms with van der Waals surface area (Å²) in [6.45, 7) is 5.25. The van der Waals surface area contributed by atoms with Crippen LogP contribution in [-0.4, -0.2) is 26.4 Å². The van der Waals surface area contributed by atoms with Gasteiger partial charge in [0.15, 0.2) is 5.82 Å². The topological polar surface area (TPSA) is 55.1 Å². The predicted octanol–water partition coefficient (Wildman–Crippen LogP) is 2.12. The van der Waals surface area contributed by atoms with Gasteiger partial charge in [-0.2, -0.15) is 9.61 Å². The zero-order valence-electron chi connectivity index (χ0n) is 10.3. The molecule has 0 aromatic carbocycles. The highest BCUT2D eigenvalue weighted by atomic mass is 32.1. The maximum absolute atomic E-state index is 4.60. The molecule has 96 valence electrons. The third-order valence-corrected chi connectivity index (χ3v) is 4.24. The van der Waals surface area contributed by atoms with Crippen LogP contribution in [0.1, 0.15) is 42.4 Å². The zero-order chi connectivity index (χ0) is 12.4. The Balaban J connectivity index is 1.81. The number of hydrogen-bond acceptors (Lipinski definition) is 5. The van der Waals surface area contributed by atoms with Gasteiger partial charge in [0.05, 0.1) is 0 Å². The monoisotopic (exact) mass is 263 g/mol. The Labute approximate surface area is 110 Å². The average molecular weight is 263 g/mol. The lowest BCUT2D eigenvalue weighted by Crippen LogP contribution is -2.12. The molecule has 0 unspecified atom stereocenters. The first kappa shape index (κ1) is 11.8. The Morgan fingerprint density at radius 2 is 2.22 bits per heavy atom. The molecule has 1 fully saturated rings. The Morgan fingerprint density at radius 1 is 1.39 bits per heavy atom. The molecule has 1 aliphatic rings. The first-order valence-electron chi connectivity index (χ1n) is 6.41. The third kappa shape index (κ3) is 2.18. The lowest BCUT2D eigenvalue weighted by molar-refractivity contribution is 0.633. The Bertz CT molecular complexity index is 538. The Kier molecular flexibility index (Phi) is 3.38. The summed E-state index contributed by atoms with van der Waals surface area (Å²) in [5, 5.41) is 17.5. The van der Waals surface area contributed by atoms with E-state index in [1.54, 1.807) is 11.3 Å². The molecule has 0 aliphatic heterocycles. The molecule has 2 aromatic rings. The first-order chi connectivity index (χ1) is 8.88. The fourth-order valence-corrected chi connectivity index (χ4v) is 3.27. The van der Waals surface area contributed by atoms with Crippen LogP contribution in [0.3, 0.4) is 0 Å². The number of hydrogen-bond donors (Lipinski definition) is 1. The molecule has 1 aliphatic carbocycles. The second-order valence-electron chi connectivity index (χ2n) is 4.65. The molecule has 5 nitrogen and oxygen atoms in total. The molecule has 0 atom stereocenters. The summed E-state index contributed by atoms with van der Waals surface area (Å²) in [4.78, 5) is 0.910. The van der Waals surface area contributed by atoms with Crippen molar-refractivity contribution in [1.82, 2.24) is 25.1 Å². The van der Waals surface area contributed by atoms with E-state index in [9.17, 15) is 0 Å². The van der Waals surface area contributed by atoms with E-state index in [0.717, 1.165) is 28.9 Å². The van der Waals surface area contributed by atoms with Crippen LogP contribution in [0.5, 0.6) is 0 Å². The standard InChI is InChI=1S/C12H17N5S/c1-2-7-13-8-10-16-17-11(9-5-3-4-6-9)14-15-12(17)18-10/h2,9,13H,1,3-8H2. The van der Waals surface area contributed by atoms with Crippen LogP contribution < -0.4 is 5.32 Å². The summed E-state index contributed by atoms with van der Waals surface area (Å²) in [6.07, 6.45) is 6.91. The molecule has 0 spiro atoms. The van der Waals surface area contributed by atoms with Gasteiger partial charge in [0.25, 0.3) is 0 Å². The van der Waals surface area contributed by atoms with Crippen molar-refractivity contribution in [1.29, 1.82) is 0 Å². The molecule has 0 bridgehead atoms. The van der Waals surface area contributed by atoms with Crippen LogP contribution in [0.4, 0.5) is 0 Å². The SMILES string of the molecule is C=CCNCc1nn2c(C3CCCC3)nnc2s1. The van der Waals surface area contributed by atoms with Crippen molar-refractivity contribution >= 4 is 16.3 Å². The molecule has 1 N–H and O–H groups in total. The molecule has 1 saturated carbocycles. The number of rotatable bonds is 5. The highest BCUT2D eigenvalue weighted by molar-refractivity contribution is 7.16. The molecule has 18 heavy (non-hydrogen) atoms. The van der Waals surface area contributed by atoms with Crippen LogP contribution in [0.2, 0.25) is 0 Å². The van der Waals surface area contributed by atoms with E-state index in [0.29, 0.717) is 5.92 Å². The molecule has 0 saturated heterocycles.